The van der Waals surface area contributed by atoms with Crippen molar-refractivity contribution in [2.24, 2.45) is 16.7 Å². The van der Waals surface area contributed by atoms with E-state index in [1.807, 2.05) is 12.1 Å². The van der Waals surface area contributed by atoms with E-state index >= 15 is 0 Å². The fourth-order valence-electron chi connectivity index (χ4n) is 3.40. The van der Waals surface area contributed by atoms with Crippen LogP contribution in [0.5, 0.6) is 0 Å². The normalized spacial score (nSPS) is 26.2. The van der Waals surface area contributed by atoms with Gasteiger partial charge in [-0.3, -0.25) is 0 Å². The number of hydrogen-bond acceptors (Lipinski definition) is 1. The molecule has 19 heavy (non-hydrogen) atoms. The minimum Gasteiger partial charge on any atom is -0.306 e. The Labute approximate surface area is 121 Å². The average Bonchev–Trinajstić information content (AvgIpc) is 3.21. The molecule has 3 rings (SSSR count). The van der Waals surface area contributed by atoms with Gasteiger partial charge in [-0.2, -0.15) is 0 Å². The number of rotatable bonds is 4. The molecule has 2 aliphatic carbocycles. The van der Waals surface area contributed by atoms with Crippen molar-refractivity contribution in [1.29, 1.82) is 0 Å². The van der Waals surface area contributed by atoms with E-state index in [4.69, 9.17) is 11.6 Å². The Morgan fingerprint density at radius 3 is 2.00 bits per heavy atom. The molecule has 2 saturated carbocycles. The second-order valence-corrected chi connectivity index (χ2v) is 7.85. The molecular weight excluding hydrogens is 254 g/mol. The lowest BCUT2D eigenvalue weighted by Crippen LogP contribution is -2.29. The molecule has 2 aliphatic rings. The quantitative estimate of drug-likeness (QED) is 0.832. The molecule has 0 bridgehead atoms. The number of nitrogens with one attached hydrogen (secondary N) is 1. The zero-order valence-corrected chi connectivity index (χ0v) is 13.1. The van der Waals surface area contributed by atoms with Crippen LogP contribution in [-0.2, 0) is 0 Å². The highest BCUT2D eigenvalue weighted by Gasteiger charge is 2.65. The summed E-state index contributed by atoms with van der Waals surface area (Å²) in [6.45, 7) is 9.49. The predicted octanol–water partition coefficient (Wildman–Crippen LogP) is 4.82. The van der Waals surface area contributed by atoms with Gasteiger partial charge in [0, 0.05) is 17.1 Å². The first-order valence-corrected chi connectivity index (χ1v) is 7.73. The molecule has 104 valence electrons. The molecule has 0 aliphatic heterocycles. The van der Waals surface area contributed by atoms with E-state index in [1.54, 1.807) is 0 Å². The molecule has 1 aromatic rings. The third-order valence-electron chi connectivity index (χ3n) is 5.69. The fourth-order valence-corrected chi connectivity index (χ4v) is 3.52. The van der Waals surface area contributed by atoms with Gasteiger partial charge in [0.1, 0.15) is 0 Å². The van der Waals surface area contributed by atoms with Gasteiger partial charge in [0.2, 0.25) is 0 Å². The fraction of sp³-hybridized carbons (Fsp3) is 0.647. The van der Waals surface area contributed by atoms with Crippen molar-refractivity contribution < 1.29 is 0 Å². The van der Waals surface area contributed by atoms with E-state index in [2.05, 4.69) is 45.1 Å². The smallest absolute Gasteiger partial charge is 0.0406 e. The van der Waals surface area contributed by atoms with Gasteiger partial charge in [0.25, 0.3) is 0 Å². The molecule has 0 amide bonds. The standard InChI is InChI=1S/C17H24ClN/c1-16(2)15(17(16,3)4)19-14(11-5-6-11)12-7-9-13(18)10-8-12/h7-11,14-15,19H,5-6H2,1-4H3. The summed E-state index contributed by atoms with van der Waals surface area (Å²) in [5.41, 5.74) is 2.18. The van der Waals surface area contributed by atoms with Crippen LogP contribution in [0.1, 0.15) is 52.1 Å². The van der Waals surface area contributed by atoms with Gasteiger partial charge in [0.15, 0.2) is 0 Å². The van der Waals surface area contributed by atoms with Crippen LogP contribution < -0.4 is 5.32 Å². The van der Waals surface area contributed by atoms with E-state index < -0.39 is 0 Å². The Hall–Kier alpha value is -0.530. The van der Waals surface area contributed by atoms with Gasteiger partial charge in [-0.15, -0.1) is 0 Å². The maximum Gasteiger partial charge on any atom is 0.0406 e. The van der Waals surface area contributed by atoms with E-state index in [0.717, 1.165) is 10.9 Å². The predicted molar refractivity (Wildman–Crippen MR) is 81.4 cm³/mol. The molecule has 2 heteroatoms. The highest BCUT2D eigenvalue weighted by molar-refractivity contribution is 6.30. The molecule has 0 spiro atoms. The molecule has 1 N–H and O–H groups in total. The van der Waals surface area contributed by atoms with Crippen molar-refractivity contribution in [3.05, 3.63) is 34.9 Å². The van der Waals surface area contributed by atoms with E-state index in [-0.39, 0.29) is 0 Å². The summed E-state index contributed by atoms with van der Waals surface area (Å²) < 4.78 is 0. The van der Waals surface area contributed by atoms with Crippen LogP contribution >= 0.6 is 11.6 Å². The van der Waals surface area contributed by atoms with Crippen molar-refractivity contribution in [3.8, 4) is 0 Å². The minimum atomic E-state index is 0.395. The topological polar surface area (TPSA) is 12.0 Å². The second kappa shape index (κ2) is 4.23. The molecule has 0 saturated heterocycles. The molecule has 1 atom stereocenters. The molecule has 2 fully saturated rings. The van der Waals surface area contributed by atoms with Crippen LogP contribution in [0.2, 0.25) is 5.02 Å². The van der Waals surface area contributed by atoms with Gasteiger partial charge in [0.05, 0.1) is 0 Å². The van der Waals surface area contributed by atoms with E-state index in [9.17, 15) is 0 Å². The lowest BCUT2D eigenvalue weighted by molar-refractivity contribution is 0.433. The van der Waals surface area contributed by atoms with Gasteiger partial charge in [-0.25, -0.2) is 0 Å². The van der Waals surface area contributed by atoms with E-state index in [1.165, 1.54) is 18.4 Å². The summed E-state index contributed by atoms with van der Waals surface area (Å²) in [5, 5.41) is 4.75. The SMILES string of the molecule is CC1(C)C(NC(c2ccc(Cl)cc2)C2CC2)C1(C)C. The first kappa shape index (κ1) is 13.5. The van der Waals surface area contributed by atoms with Crippen molar-refractivity contribution in [2.75, 3.05) is 0 Å². The van der Waals surface area contributed by atoms with Gasteiger partial charge in [-0.1, -0.05) is 51.4 Å². The maximum absolute atomic E-state index is 6.00. The summed E-state index contributed by atoms with van der Waals surface area (Å²) in [6, 6.07) is 9.50. The van der Waals surface area contributed by atoms with Crippen molar-refractivity contribution in [3.63, 3.8) is 0 Å². The lowest BCUT2D eigenvalue weighted by atomic mass is 10.0. The zero-order valence-electron chi connectivity index (χ0n) is 12.3. The summed E-state index contributed by atoms with van der Waals surface area (Å²) in [7, 11) is 0. The highest BCUT2D eigenvalue weighted by Crippen LogP contribution is 2.63. The van der Waals surface area contributed by atoms with Gasteiger partial charge in [-0.05, 0) is 47.3 Å². The molecule has 0 aromatic heterocycles. The minimum absolute atomic E-state index is 0.395. The molecule has 1 aromatic carbocycles. The molecule has 1 unspecified atom stereocenters. The lowest BCUT2D eigenvalue weighted by Gasteiger charge is -2.20. The Morgan fingerprint density at radius 2 is 1.58 bits per heavy atom. The Kier molecular flexibility index (Phi) is 3.00. The van der Waals surface area contributed by atoms with Crippen LogP contribution in [0, 0.1) is 16.7 Å². The Balaban J connectivity index is 1.78. The van der Waals surface area contributed by atoms with Crippen LogP contribution in [0.15, 0.2) is 24.3 Å². The second-order valence-electron chi connectivity index (χ2n) is 7.41. The first-order chi connectivity index (χ1) is 8.84. The Morgan fingerprint density at radius 1 is 1.05 bits per heavy atom. The highest BCUT2D eigenvalue weighted by atomic mass is 35.5. The van der Waals surface area contributed by atoms with Gasteiger partial charge < -0.3 is 5.32 Å². The number of hydrogen-bond donors (Lipinski definition) is 1. The summed E-state index contributed by atoms with van der Waals surface area (Å²) in [4.78, 5) is 0. The third kappa shape index (κ3) is 2.21. The van der Waals surface area contributed by atoms with Crippen LogP contribution in [0.25, 0.3) is 0 Å². The number of halogens is 1. The zero-order chi connectivity index (χ0) is 13.8. The number of benzene rings is 1. The molecular formula is C17H24ClN. The van der Waals surface area contributed by atoms with Crippen LogP contribution in [0.3, 0.4) is 0 Å². The van der Waals surface area contributed by atoms with Crippen LogP contribution in [-0.4, -0.2) is 6.04 Å². The summed E-state index contributed by atoms with van der Waals surface area (Å²) in [5.74, 6) is 0.813. The van der Waals surface area contributed by atoms with Gasteiger partial charge >= 0.3 is 0 Å². The largest absolute Gasteiger partial charge is 0.306 e. The molecule has 1 nitrogen and oxygen atoms in total. The van der Waals surface area contributed by atoms with Crippen LogP contribution in [0.4, 0.5) is 0 Å². The van der Waals surface area contributed by atoms with E-state index in [0.29, 0.717) is 22.9 Å². The molecule has 0 heterocycles. The van der Waals surface area contributed by atoms with Crippen molar-refractivity contribution >= 4 is 11.6 Å². The van der Waals surface area contributed by atoms with Crippen molar-refractivity contribution in [2.45, 2.75) is 52.6 Å². The third-order valence-corrected chi connectivity index (χ3v) is 5.94. The Bertz CT molecular complexity index is 457. The van der Waals surface area contributed by atoms with Crippen molar-refractivity contribution in [1.82, 2.24) is 5.32 Å². The summed E-state index contributed by atoms with van der Waals surface area (Å²) >= 11 is 6.00. The summed E-state index contributed by atoms with van der Waals surface area (Å²) in [6.07, 6.45) is 2.71. The maximum atomic E-state index is 6.00. The first-order valence-electron chi connectivity index (χ1n) is 7.35. The monoisotopic (exact) mass is 277 g/mol. The molecule has 0 radical (unpaired) electrons. The average molecular weight is 278 g/mol.